The van der Waals surface area contributed by atoms with Gasteiger partial charge in [-0.2, -0.15) is 0 Å². The number of alkyl halides is 1. The number of carbonyl (C=O) groups excluding carboxylic acids is 4. The minimum Gasteiger partial charge on any atom is -0.503 e. The van der Waals surface area contributed by atoms with Crippen LogP contribution in [0.1, 0.15) is 92.7 Å². The monoisotopic (exact) mass is 881 g/mol. The second kappa shape index (κ2) is 17.6. The van der Waals surface area contributed by atoms with E-state index in [0.717, 1.165) is 81.2 Å². The minimum absolute atomic E-state index is 0.126. The van der Waals surface area contributed by atoms with Crippen LogP contribution < -0.4 is 24.8 Å². The van der Waals surface area contributed by atoms with E-state index >= 15 is 4.39 Å². The maximum absolute atomic E-state index is 16.4. The number of hydrogen-bond donors (Lipinski definition) is 2. The molecule has 0 unspecified atom stereocenters. The Kier molecular flexibility index (Phi) is 12.1. The quantitative estimate of drug-likeness (QED) is 0.164. The fourth-order valence-corrected chi connectivity index (χ4v) is 11.5. The molecule has 15 heteroatoms. The number of rotatable bonds is 12. The molecule has 4 amide bonds. The maximum Gasteiger partial charge on any atom is 0.255 e. The molecule has 342 valence electrons. The van der Waals surface area contributed by atoms with Crippen molar-refractivity contribution in [1.29, 1.82) is 0 Å². The first kappa shape index (κ1) is 43.9. The number of β-lactam (4-membered cyclic amide) rings is 1. The summed E-state index contributed by atoms with van der Waals surface area (Å²) in [7, 11) is 1.64. The van der Waals surface area contributed by atoms with Crippen molar-refractivity contribution in [3.05, 3.63) is 77.1 Å². The zero-order valence-corrected chi connectivity index (χ0v) is 37.3. The molecule has 2 N–H and O–H groups in total. The van der Waals surface area contributed by atoms with Gasteiger partial charge in [-0.3, -0.25) is 34.3 Å². The topological polar surface area (TPSA) is 129 Å². The molecule has 0 saturated carbocycles. The molecule has 0 bridgehead atoms. The summed E-state index contributed by atoms with van der Waals surface area (Å²) in [6.07, 6.45) is 4.75. The lowest BCUT2D eigenvalue weighted by Gasteiger charge is -2.56. The predicted octanol–water partition coefficient (Wildman–Crippen LogP) is 6.04. The molecule has 3 aromatic carbocycles. The predicted molar refractivity (Wildman–Crippen MR) is 240 cm³/mol. The molecule has 64 heavy (non-hydrogen) atoms. The van der Waals surface area contributed by atoms with E-state index < -0.39 is 40.6 Å². The number of anilines is 3. The third-order valence-electron chi connectivity index (χ3n) is 15.4. The van der Waals surface area contributed by atoms with Gasteiger partial charge in [0.15, 0.2) is 11.6 Å². The molecular formula is C49H61F2N7O6. The highest BCUT2D eigenvalue weighted by atomic mass is 19.1. The number of phenols is 1. The first-order valence-electron chi connectivity index (χ1n) is 23.3. The fourth-order valence-electron chi connectivity index (χ4n) is 11.5. The normalized spacial score (nSPS) is 24.2. The van der Waals surface area contributed by atoms with Gasteiger partial charge in [0.2, 0.25) is 17.7 Å². The maximum atomic E-state index is 16.4. The van der Waals surface area contributed by atoms with E-state index in [4.69, 9.17) is 4.74 Å². The number of piperazine rings is 1. The first-order valence-corrected chi connectivity index (χ1v) is 23.3. The summed E-state index contributed by atoms with van der Waals surface area (Å²) in [5.41, 5.74) is 2.54. The van der Waals surface area contributed by atoms with Gasteiger partial charge in [-0.05, 0) is 80.0 Å². The Balaban J connectivity index is 0.738. The van der Waals surface area contributed by atoms with Crippen molar-refractivity contribution < 1.29 is 37.8 Å². The van der Waals surface area contributed by atoms with Gasteiger partial charge in [-0.25, -0.2) is 8.78 Å². The number of phenolic OH excluding ortho intramolecular Hbond substituents is 1. The Hall–Kier alpha value is -5.28. The Morgan fingerprint density at radius 1 is 0.828 bits per heavy atom. The van der Waals surface area contributed by atoms with Gasteiger partial charge in [0.1, 0.15) is 17.5 Å². The van der Waals surface area contributed by atoms with Crippen LogP contribution in [0, 0.1) is 17.2 Å². The average molecular weight is 882 g/mol. The molecule has 6 aliphatic rings. The number of aromatic hydroxyl groups is 1. The van der Waals surface area contributed by atoms with Crippen molar-refractivity contribution in [1.82, 2.24) is 20.0 Å². The number of hydrogen-bond acceptors (Lipinski definition) is 10. The molecule has 0 spiro atoms. The lowest BCUT2D eigenvalue weighted by Crippen LogP contribution is -2.63. The highest BCUT2D eigenvalue weighted by Crippen LogP contribution is 2.59. The number of amides is 4. The van der Waals surface area contributed by atoms with Crippen LogP contribution in [0.2, 0.25) is 0 Å². The number of nitrogens with one attached hydrogen (secondary N) is 1. The summed E-state index contributed by atoms with van der Waals surface area (Å²) in [5, 5.41) is 13.0. The summed E-state index contributed by atoms with van der Waals surface area (Å²) >= 11 is 0. The van der Waals surface area contributed by atoms with Crippen molar-refractivity contribution in [2.75, 3.05) is 87.3 Å². The van der Waals surface area contributed by atoms with Gasteiger partial charge in [0, 0.05) is 120 Å². The number of halogens is 2. The van der Waals surface area contributed by atoms with Crippen LogP contribution in [0.4, 0.5) is 25.8 Å². The number of piperidine rings is 3. The van der Waals surface area contributed by atoms with Crippen molar-refractivity contribution in [3.63, 3.8) is 0 Å². The zero-order chi connectivity index (χ0) is 44.9. The van der Waals surface area contributed by atoms with Crippen LogP contribution in [0.5, 0.6) is 11.5 Å². The van der Waals surface area contributed by atoms with Gasteiger partial charge >= 0.3 is 0 Å². The van der Waals surface area contributed by atoms with E-state index in [2.05, 4.69) is 37.0 Å². The molecule has 0 aliphatic carbocycles. The van der Waals surface area contributed by atoms with Crippen molar-refractivity contribution in [2.24, 2.45) is 11.3 Å². The number of ether oxygens (including phenoxy) is 1. The van der Waals surface area contributed by atoms with E-state index in [1.54, 1.807) is 18.1 Å². The summed E-state index contributed by atoms with van der Waals surface area (Å²) in [6.45, 7) is 12.4. The van der Waals surface area contributed by atoms with E-state index in [1.807, 2.05) is 38.1 Å². The molecule has 6 aliphatic heterocycles. The van der Waals surface area contributed by atoms with Crippen LogP contribution in [0.15, 0.2) is 54.6 Å². The first-order chi connectivity index (χ1) is 30.8. The summed E-state index contributed by atoms with van der Waals surface area (Å²) in [4.78, 5) is 63.5. The Bertz CT molecular complexity index is 2280. The van der Waals surface area contributed by atoms with Gasteiger partial charge in [0.05, 0.1) is 24.3 Å². The third-order valence-corrected chi connectivity index (χ3v) is 15.4. The third kappa shape index (κ3) is 7.96. The van der Waals surface area contributed by atoms with Crippen LogP contribution in [0.25, 0.3) is 0 Å². The largest absolute Gasteiger partial charge is 0.503 e. The van der Waals surface area contributed by atoms with Gasteiger partial charge < -0.3 is 29.4 Å². The molecule has 2 atom stereocenters. The minimum atomic E-state index is -1.25. The Morgan fingerprint density at radius 3 is 2.19 bits per heavy atom. The SMILES string of the molecule is CCC1(CC)C(=O)N(c2cccc(F)c2O)[C@H]1c1ccc(N2CCC(CN3CCN(CC4(F)CCN(c5ccc6c(c5)CN([C@H]5CCC(=O)NC5=O)C6=O)CC4)CC3)CC2)cc1OC. The molecule has 6 heterocycles. The number of benzene rings is 3. The standard InChI is InChI=1S/C49H61F2N7O6/c1-4-49(5-2)44(58(47(49)63)39-8-6-7-38(50)43(39)60)37-12-10-35(28-41(37)64-3)55-19-15-32(16-20-55)29-53-23-25-54(26-24-53)31-48(51)17-21-56(22-18-48)34-9-11-36-33(27-34)30-57(46(36)62)40-13-14-42(59)52-45(40)61/h6-12,27-28,32,40,44,60H,4-5,13-26,29-31H2,1-3H3,(H,52,59,61)/t40-,44-/m0/s1. The average Bonchev–Trinajstić information content (AvgIpc) is 3.63. The van der Waals surface area contributed by atoms with Crippen molar-refractivity contribution in [2.45, 2.75) is 89.5 Å². The number of imide groups is 1. The summed E-state index contributed by atoms with van der Waals surface area (Å²) < 4.78 is 36.8. The molecular weight excluding hydrogens is 821 g/mol. The highest BCUT2D eigenvalue weighted by Gasteiger charge is 2.60. The molecule has 3 aromatic rings. The second-order valence-electron chi connectivity index (χ2n) is 18.9. The number of para-hydroxylation sites is 1. The lowest BCUT2D eigenvalue weighted by atomic mass is 9.64. The Morgan fingerprint density at radius 2 is 1.50 bits per heavy atom. The molecule has 9 rings (SSSR count). The molecule has 5 saturated heterocycles. The van der Waals surface area contributed by atoms with Crippen LogP contribution in [-0.2, 0) is 20.9 Å². The zero-order valence-electron chi connectivity index (χ0n) is 37.3. The van der Waals surface area contributed by atoms with Crippen molar-refractivity contribution in [3.8, 4) is 11.5 Å². The van der Waals surface area contributed by atoms with Gasteiger partial charge in [-0.1, -0.05) is 26.0 Å². The van der Waals surface area contributed by atoms with Gasteiger partial charge in [-0.15, -0.1) is 0 Å². The van der Waals surface area contributed by atoms with Crippen LogP contribution in [0.3, 0.4) is 0 Å². The van der Waals surface area contributed by atoms with Crippen molar-refractivity contribution >= 4 is 40.7 Å². The summed E-state index contributed by atoms with van der Waals surface area (Å²) in [6, 6.07) is 15.1. The number of methoxy groups -OCH3 is 1. The smallest absolute Gasteiger partial charge is 0.255 e. The van der Waals surface area contributed by atoms with E-state index in [0.29, 0.717) is 75.5 Å². The number of carbonyl (C=O) groups is 4. The van der Waals surface area contributed by atoms with Crippen LogP contribution >= 0.6 is 0 Å². The molecule has 0 radical (unpaired) electrons. The van der Waals surface area contributed by atoms with E-state index in [-0.39, 0.29) is 29.8 Å². The van der Waals surface area contributed by atoms with Crippen LogP contribution in [-0.4, -0.2) is 128 Å². The second-order valence-corrected chi connectivity index (χ2v) is 18.9. The van der Waals surface area contributed by atoms with E-state index in [9.17, 15) is 28.7 Å². The molecule has 13 nitrogen and oxygen atoms in total. The number of nitrogens with zero attached hydrogens (tertiary/aromatic N) is 6. The molecule has 5 fully saturated rings. The summed E-state index contributed by atoms with van der Waals surface area (Å²) in [5.74, 6) is -1.09. The fraction of sp³-hybridized carbons (Fsp3) is 0.551. The van der Waals surface area contributed by atoms with E-state index in [1.165, 1.54) is 17.0 Å². The number of fused-ring (bicyclic) bond motifs is 1. The lowest BCUT2D eigenvalue weighted by molar-refractivity contribution is -0.141. The van der Waals surface area contributed by atoms with Gasteiger partial charge in [0.25, 0.3) is 5.91 Å². The molecule has 0 aromatic heterocycles. The Labute approximate surface area is 374 Å². The highest BCUT2D eigenvalue weighted by molar-refractivity contribution is 6.07.